The lowest BCUT2D eigenvalue weighted by atomic mass is 10.1. The second-order valence-electron chi connectivity index (χ2n) is 6.12. The number of ether oxygens (including phenoxy) is 1. The van der Waals surface area contributed by atoms with Gasteiger partial charge >= 0.3 is 0 Å². The minimum absolute atomic E-state index is 0.0795. The molecule has 128 valence electrons. The quantitative estimate of drug-likeness (QED) is 0.871. The predicted molar refractivity (Wildman–Crippen MR) is 84.1 cm³/mol. The SMILES string of the molecule is C[C@@H]1CN(CCNC(=O)CCc2ccc(F)c(F)c2)C[C@@H](C)O1. The van der Waals surface area contributed by atoms with Crippen LogP contribution in [0.25, 0.3) is 0 Å². The highest BCUT2D eigenvalue weighted by Gasteiger charge is 2.21. The van der Waals surface area contributed by atoms with Crippen LogP contribution < -0.4 is 5.32 Å². The van der Waals surface area contributed by atoms with Crippen molar-refractivity contribution in [2.45, 2.75) is 38.9 Å². The molecule has 1 amide bonds. The largest absolute Gasteiger partial charge is 0.373 e. The predicted octanol–water partition coefficient (Wildman–Crippen LogP) is 2.12. The average Bonchev–Trinajstić information content (AvgIpc) is 2.47. The molecule has 2 rings (SSSR count). The van der Waals surface area contributed by atoms with Crippen LogP contribution in [-0.4, -0.2) is 49.2 Å². The minimum atomic E-state index is -0.876. The third-order valence-electron chi connectivity index (χ3n) is 3.87. The number of nitrogens with zero attached hydrogens (tertiary/aromatic N) is 1. The van der Waals surface area contributed by atoms with Gasteiger partial charge in [0.05, 0.1) is 12.2 Å². The van der Waals surface area contributed by atoms with Gasteiger partial charge in [0.25, 0.3) is 0 Å². The van der Waals surface area contributed by atoms with Gasteiger partial charge in [0.15, 0.2) is 11.6 Å². The van der Waals surface area contributed by atoms with Crippen LogP contribution in [0.5, 0.6) is 0 Å². The number of carbonyl (C=O) groups excluding carboxylic acids is 1. The van der Waals surface area contributed by atoms with E-state index in [4.69, 9.17) is 4.74 Å². The highest BCUT2D eigenvalue weighted by atomic mass is 19.2. The molecule has 1 heterocycles. The fraction of sp³-hybridized carbons (Fsp3) is 0.588. The van der Waals surface area contributed by atoms with E-state index in [0.29, 0.717) is 18.5 Å². The molecule has 1 aromatic carbocycles. The third kappa shape index (κ3) is 5.88. The molecular weight excluding hydrogens is 302 g/mol. The van der Waals surface area contributed by atoms with Crippen molar-refractivity contribution in [2.75, 3.05) is 26.2 Å². The van der Waals surface area contributed by atoms with E-state index in [1.165, 1.54) is 6.07 Å². The molecule has 23 heavy (non-hydrogen) atoms. The summed E-state index contributed by atoms with van der Waals surface area (Å²) in [6.45, 7) is 7.20. The Kier molecular flexibility index (Phi) is 6.47. The second-order valence-corrected chi connectivity index (χ2v) is 6.12. The summed E-state index contributed by atoms with van der Waals surface area (Å²) < 4.78 is 31.6. The lowest BCUT2D eigenvalue weighted by molar-refractivity contribution is -0.121. The molecule has 0 unspecified atom stereocenters. The van der Waals surface area contributed by atoms with Crippen molar-refractivity contribution in [1.82, 2.24) is 10.2 Å². The van der Waals surface area contributed by atoms with Gasteiger partial charge in [0, 0.05) is 32.6 Å². The first-order chi connectivity index (χ1) is 10.9. The Morgan fingerprint density at radius 3 is 2.61 bits per heavy atom. The van der Waals surface area contributed by atoms with Crippen molar-refractivity contribution in [1.29, 1.82) is 0 Å². The van der Waals surface area contributed by atoms with E-state index in [0.717, 1.165) is 31.8 Å². The molecule has 0 bridgehead atoms. The molecule has 1 aliphatic rings. The van der Waals surface area contributed by atoms with Crippen molar-refractivity contribution < 1.29 is 18.3 Å². The number of rotatable bonds is 6. The zero-order valence-electron chi connectivity index (χ0n) is 13.6. The summed E-state index contributed by atoms with van der Waals surface area (Å²) in [7, 11) is 0. The fourth-order valence-electron chi connectivity index (χ4n) is 2.86. The van der Waals surface area contributed by atoms with Crippen molar-refractivity contribution in [3.05, 3.63) is 35.4 Å². The van der Waals surface area contributed by atoms with Gasteiger partial charge in [0.2, 0.25) is 5.91 Å². The summed E-state index contributed by atoms with van der Waals surface area (Å²) in [6.07, 6.45) is 1.08. The Hall–Kier alpha value is -1.53. The monoisotopic (exact) mass is 326 g/mol. The molecule has 1 aromatic rings. The maximum absolute atomic E-state index is 13.1. The topological polar surface area (TPSA) is 41.6 Å². The van der Waals surface area contributed by atoms with Crippen LogP contribution in [0.4, 0.5) is 8.78 Å². The number of benzene rings is 1. The Bertz CT molecular complexity index is 529. The third-order valence-corrected chi connectivity index (χ3v) is 3.87. The summed E-state index contributed by atoms with van der Waals surface area (Å²) >= 11 is 0. The smallest absolute Gasteiger partial charge is 0.220 e. The van der Waals surface area contributed by atoms with E-state index in [9.17, 15) is 13.6 Å². The highest BCUT2D eigenvalue weighted by molar-refractivity contribution is 5.76. The van der Waals surface area contributed by atoms with Gasteiger partial charge in [0.1, 0.15) is 0 Å². The lowest BCUT2D eigenvalue weighted by Gasteiger charge is -2.35. The zero-order chi connectivity index (χ0) is 16.8. The van der Waals surface area contributed by atoms with Gasteiger partial charge < -0.3 is 10.1 Å². The van der Waals surface area contributed by atoms with Gasteiger partial charge in [-0.15, -0.1) is 0 Å². The number of hydrogen-bond acceptors (Lipinski definition) is 3. The Labute approximate surface area is 135 Å². The Morgan fingerprint density at radius 2 is 1.96 bits per heavy atom. The number of carbonyl (C=O) groups is 1. The number of amides is 1. The van der Waals surface area contributed by atoms with E-state index in [-0.39, 0.29) is 24.5 Å². The number of nitrogens with one attached hydrogen (secondary N) is 1. The molecule has 1 saturated heterocycles. The number of morpholine rings is 1. The summed E-state index contributed by atoms with van der Waals surface area (Å²) in [6, 6.07) is 3.73. The molecule has 0 radical (unpaired) electrons. The molecule has 6 heteroatoms. The van der Waals surface area contributed by atoms with Crippen molar-refractivity contribution in [3.8, 4) is 0 Å². The molecule has 0 aromatic heterocycles. The molecule has 1 fully saturated rings. The fourth-order valence-corrected chi connectivity index (χ4v) is 2.86. The number of aryl methyl sites for hydroxylation is 1. The number of hydrogen-bond donors (Lipinski definition) is 1. The van der Waals surface area contributed by atoms with Crippen LogP contribution in [0.15, 0.2) is 18.2 Å². The molecule has 1 N–H and O–H groups in total. The summed E-state index contributed by atoms with van der Waals surface area (Å²) in [4.78, 5) is 14.1. The first-order valence-corrected chi connectivity index (χ1v) is 8.02. The molecule has 0 aliphatic carbocycles. The van der Waals surface area contributed by atoms with E-state index in [2.05, 4.69) is 10.2 Å². The Balaban J connectivity index is 1.66. The van der Waals surface area contributed by atoms with Crippen LogP contribution in [-0.2, 0) is 16.0 Å². The normalized spacial score (nSPS) is 22.1. The van der Waals surface area contributed by atoms with Crippen LogP contribution in [0.2, 0.25) is 0 Å². The maximum atomic E-state index is 13.1. The number of halogens is 2. The standard InChI is InChI=1S/C17H24F2N2O2/c1-12-10-21(11-13(2)23-12)8-7-20-17(22)6-4-14-3-5-15(18)16(19)9-14/h3,5,9,12-13H,4,6-8,10-11H2,1-2H3,(H,20,22)/t12-,13-/m1/s1. The zero-order valence-corrected chi connectivity index (χ0v) is 13.6. The van der Waals surface area contributed by atoms with Crippen LogP contribution >= 0.6 is 0 Å². The lowest BCUT2D eigenvalue weighted by Crippen LogP contribution is -2.47. The van der Waals surface area contributed by atoms with Crippen LogP contribution in [0, 0.1) is 11.6 Å². The second kappa shape index (κ2) is 8.36. The highest BCUT2D eigenvalue weighted by Crippen LogP contribution is 2.11. The van der Waals surface area contributed by atoms with Crippen LogP contribution in [0.3, 0.4) is 0 Å². The van der Waals surface area contributed by atoms with Crippen molar-refractivity contribution in [3.63, 3.8) is 0 Å². The van der Waals surface area contributed by atoms with E-state index < -0.39 is 11.6 Å². The van der Waals surface area contributed by atoms with Crippen molar-refractivity contribution >= 4 is 5.91 Å². The summed E-state index contributed by atoms with van der Waals surface area (Å²) in [5.41, 5.74) is 0.620. The van der Waals surface area contributed by atoms with Crippen LogP contribution in [0.1, 0.15) is 25.8 Å². The Morgan fingerprint density at radius 1 is 1.26 bits per heavy atom. The molecule has 1 aliphatic heterocycles. The van der Waals surface area contributed by atoms with Gasteiger partial charge in [-0.05, 0) is 38.0 Å². The average molecular weight is 326 g/mol. The van der Waals surface area contributed by atoms with Gasteiger partial charge in [-0.3, -0.25) is 9.69 Å². The first kappa shape index (κ1) is 17.8. The molecule has 4 nitrogen and oxygen atoms in total. The molecule has 2 atom stereocenters. The minimum Gasteiger partial charge on any atom is -0.373 e. The van der Waals surface area contributed by atoms with Crippen molar-refractivity contribution in [2.24, 2.45) is 0 Å². The molecule has 0 saturated carbocycles. The van der Waals surface area contributed by atoms with Gasteiger partial charge in [-0.25, -0.2) is 8.78 Å². The molecular formula is C17H24F2N2O2. The van der Waals surface area contributed by atoms with E-state index >= 15 is 0 Å². The van der Waals surface area contributed by atoms with E-state index in [1.54, 1.807) is 0 Å². The molecule has 0 spiro atoms. The summed E-state index contributed by atoms with van der Waals surface area (Å²) in [5, 5.41) is 2.87. The maximum Gasteiger partial charge on any atom is 0.220 e. The summed E-state index contributed by atoms with van der Waals surface area (Å²) in [5.74, 6) is -1.82. The first-order valence-electron chi connectivity index (χ1n) is 8.02. The van der Waals surface area contributed by atoms with E-state index in [1.807, 2.05) is 13.8 Å². The van der Waals surface area contributed by atoms with Gasteiger partial charge in [-0.2, -0.15) is 0 Å². The van der Waals surface area contributed by atoms with Gasteiger partial charge in [-0.1, -0.05) is 6.07 Å².